The van der Waals surface area contributed by atoms with Crippen molar-refractivity contribution < 1.29 is 9.53 Å². The lowest BCUT2D eigenvalue weighted by Crippen LogP contribution is -2.41. The van der Waals surface area contributed by atoms with Gasteiger partial charge in [-0.2, -0.15) is 5.26 Å². The number of rotatable bonds is 2. The first kappa shape index (κ1) is 22.1. The van der Waals surface area contributed by atoms with Crippen LogP contribution in [0.15, 0.2) is 51.9 Å². The Bertz CT molecular complexity index is 1400. The second-order valence-corrected chi connectivity index (χ2v) is 11.7. The summed E-state index contributed by atoms with van der Waals surface area (Å²) in [6.07, 6.45) is 5.56. The number of ether oxygens (including phenoxy) is 1. The molecule has 2 aromatic rings. The third kappa shape index (κ3) is 3.27. The fourth-order valence-electron chi connectivity index (χ4n) is 6.07. The van der Waals surface area contributed by atoms with Crippen molar-refractivity contribution in [3.8, 4) is 11.8 Å². The van der Waals surface area contributed by atoms with Crippen LogP contribution in [0.4, 0.5) is 5.00 Å². The number of fused-ring (bicyclic) bond motifs is 6. The number of Topliss-reactive ketones (excluding diaryl/α,β-unsaturated/α-hetero) is 1. The van der Waals surface area contributed by atoms with Crippen molar-refractivity contribution in [3.05, 3.63) is 68.5 Å². The van der Waals surface area contributed by atoms with Gasteiger partial charge in [-0.15, -0.1) is 11.3 Å². The highest BCUT2D eigenvalue weighted by Crippen LogP contribution is 2.55. The highest BCUT2D eigenvalue weighted by Gasteiger charge is 2.47. The molecule has 6 rings (SSSR count). The molecule has 3 heterocycles. The van der Waals surface area contributed by atoms with E-state index in [1.807, 2.05) is 24.3 Å². The molecule has 1 aromatic carbocycles. The number of hydrogen-bond acceptors (Lipinski definition) is 7. The molecule has 0 saturated carbocycles. The lowest BCUT2D eigenvalue weighted by molar-refractivity contribution is -0.118. The largest absolute Gasteiger partial charge is 0.497 e. The Morgan fingerprint density at radius 2 is 1.94 bits per heavy atom. The molecule has 178 valence electrons. The van der Waals surface area contributed by atoms with Gasteiger partial charge in [-0.25, -0.2) is 4.99 Å². The SMILES string of the molecule is COc1ccc(C2C(C#N)=C3N=C(N)c4c(sc5c4CCCC5)N3C3=C2C(=O)CC(C)(C)C3)cc1. The van der Waals surface area contributed by atoms with Gasteiger partial charge in [0.25, 0.3) is 0 Å². The first-order valence-corrected chi connectivity index (χ1v) is 13.0. The summed E-state index contributed by atoms with van der Waals surface area (Å²) < 4.78 is 5.34. The van der Waals surface area contributed by atoms with E-state index >= 15 is 0 Å². The van der Waals surface area contributed by atoms with E-state index in [9.17, 15) is 10.1 Å². The smallest absolute Gasteiger partial charge is 0.162 e. The predicted octanol–water partition coefficient (Wildman–Crippen LogP) is 5.34. The molecule has 2 aliphatic carbocycles. The standard InChI is InChI=1S/C28H28N4O2S/c1-28(2)12-19-24(20(33)13-28)22(15-8-10-16(34-3)11-9-15)18(14-29)26-31-25(30)23-17-6-4-5-7-21(17)35-27(23)32(19)26/h8-11,22H,4-7,12-13H2,1-3H3,(H2,30,31). The highest BCUT2D eigenvalue weighted by atomic mass is 32.1. The second-order valence-electron chi connectivity index (χ2n) is 10.6. The van der Waals surface area contributed by atoms with Crippen LogP contribution in [0.25, 0.3) is 0 Å². The minimum Gasteiger partial charge on any atom is -0.497 e. The van der Waals surface area contributed by atoms with Crippen LogP contribution in [0.3, 0.4) is 0 Å². The van der Waals surface area contributed by atoms with E-state index in [-0.39, 0.29) is 11.2 Å². The lowest BCUT2D eigenvalue weighted by Gasteiger charge is -2.44. The molecule has 0 amide bonds. The highest BCUT2D eigenvalue weighted by molar-refractivity contribution is 7.17. The molecule has 2 aliphatic heterocycles. The Hall–Kier alpha value is -3.37. The van der Waals surface area contributed by atoms with Crippen LogP contribution in [0.2, 0.25) is 0 Å². The maximum Gasteiger partial charge on any atom is 0.162 e. The lowest BCUT2D eigenvalue weighted by atomic mass is 9.68. The zero-order valence-electron chi connectivity index (χ0n) is 20.3. The molecule has 0 spiro atoms. The van der Waals surface area contributed by atoms with E-state index in [1.54, 1.807) is 18.4 Å². The van der Waals surface area contributed by atoms with E-state index < -0.39 is 5.92 Å². The maximum absolute atomic E-state index is 13.8. The molecular formula is C28H28N4O2S. The number of amidine groups is 1. The van der Waals surface area contributed by atoms with Crippen molar-refractivity contribution in [1.82, 2.24) is 0 Å². The zero-order valence-corrected chi connectivity index (χ0v) is 21.1. The predicted molar refractivity (Wildman–Crippen MR) is 138 cm³/mol. The van der Waals surface area contributed by atoms with Gasteiger partial charge in [0.1, 0.15) is 16.6 Å². The molecule has 4 aliphatic rings. The van der Waals surface area contributed by atoms with Crippen molar-refractivity contribution in [2.75, 3.05) is 12.0 Å². The fourth-order valence-corrected chi connectivity index (χ4v) is 7.49. The minimum atomic E-state index is -0.469. The first-order chi connectivity index (χ1) is 16.8. The van der Waals surface area contributed by atoms with E-state index in [4.69, 9.17) is 15.5 Å². The summed E-state index contributed by atoms with van der Waals surface area (Å²) in [4.78, 5) is 22.1. The van der Waals surface area contributed by atoms with E-state index in [1.165, 1.54) is 16.9 Å². The molecule has 1 unspecified atom stereocenters. The number of methoxy groups -OCH3 is 1. The molecule has 1 atom stereocenters. The van der Waals surface area contributed by atoms with Crippen LogP contribution >= 0.6 is 11.3 Å². The number of ketones is 1. The van der Waals surface area contributed by atoms with E-state index in [2.05, 4.69) is 24.8 Å². The van der Waals surface area contributed by atoms with Crippen LogP contribution in [0.5, 0.6) is 5.75 Å². The number of aliphatic imine (C=N–C) groups is 1. The summed E-state index contributed by atoms with van der Waals surface area (Å²) in [6, 6.07) is 10.1. The van der Waals surface area contributed by atoms with Crippen LogP contribution in [0, 0.1) is 16.7 Å². The van der Waals surface area contributed by atoms with Crippen molar-refractivity contribution in [2.24, 2.45) is 16.1 Å². The number of allylic oxidation sites excluding steroid dienone is 3. The Labute approximate surface area is 209 Å². The Morgan fingerprint density at radius 1 is 1.20 bits per heavy atom. The number of carbonyl (C=O) groups is 1. The average molecular weight is 485 g/mol. The Kier molecular flexibility index (Phi) is 4.94. The van der Waals surface area contributed by atoms with Gasteiger partial charge in [0, 0.05) is 22.6 Å². The number of hydrogen-bond donors (Lipinski definition) is 1. The first-order valence-electron chi connectivity index (χ1n) is 12.2. The molecule has 2 N–H and O–H groups in total. The summed E-state index contributed by atoms with van der Waals surface area (Å²) in [5.41, 5.74) is 11.8. The molecular weight excluding hydrogens is 456 g/mol. The second kappa shape index (κ2) is 7.82. The van der Waals surface area contributed by atoms with Gasteiger partial charge in [0.2, 0.25) is 0 Å². The maximum atomic E-state index is 13.8. The summed E-state index contributed by atoms with van der Waals surface area (Å²) in [6.45, 7) is 4.28. The number of nitriles is 1. The van der Waals surface area contributed by atoms with E-state index in [0.29, 0.717) is 23.7 Å². The van der Waals surface area contributed by atoms with Crippen LogP contribution in [-0.4, -0.2) is 18.7 Å². The zero-order chi connectivity index (χ0) is 24.5. The monoisotopic (exact) mass is 484 g/mol. The van der Waals surface area contributed by atoms with Gasteiger partial charge < -0.3 is 10.5 Å². The summed E-state index contributed by atoms with van der Waals surface area (Å²) in [5.74, 6) is 1.42. The van der Waals surface area contributed by atoms with Crippen LogP contribution < -0.4 is 15.4 Å². The third-order valence-corrected chi connectivity index (χ3v) is 8.88. The number of benzene rings is 1. The minimum absolute atomic E-state index is 0.106. The van der Waals surface area contributed by atoms with Crippen molar-refractivity contribution in [1.29, 1.82) is 5.26 Å². The van der Waals surface area contributed by atoms with Crippen LogP contribution in [0.1, 0.15) is 67.0 Å². The third-order valence-electron chi connectivity index (χ3n) is 7.60. The number of thiophene rings is 1. The summed E-state index contributed by atoms with van der Waals surface area (Å²) in [7, 11) is 1.63. The van der Waals surface area contributed by atoms with Crippen molar-refractivity contribution in [2.45, 2.75) is 58.3 Å². The molecule has 1 aromatic heterocycles. The Balaban J connectivity index is 1.63. The number of aryl methyl sites for hydroxylation is 1. The molecule has 0 saturated heterocycles. The quantitative estimate of drug-likeness (QED) is 0.621. The summed E-state index contributed by atoms with van der Waals surface area (Å²) in [5, 5.41) is 11.5. The average Bonchev–Trinajstić information content (AvgIpc) is 3.22. The normalized spacial score (nSPS) is 22.6. The van der Waals surface area contributed by atoms with E-state index in [0.717, 1.165) is 58.8 Å². The van der Waals surface area contributed by atoms with Crippen LogP contribution in [-0.2, 0) is 17.6 Å². The van der Waals surface area contributed by atoms with Crippen molar-refractivity contribution in [3.63, 3.8) is 0 Å². The summed E-state index contributed by atoms with van der Waals surface area (Å²) >= 11 is 1.76. The van der Waals surface area contributed by atoms with Gasteiger partial charge in [0.15, 0.2) is 11.6 Å². The van der Waals surface area contributed by atoms with Gasteiger partial charge >= 0.3 is 0 Å². The van der Waals surface area contributed by atoms with Gasteiger partial charge in [-0.1, -0.05) is 26.0 Å². The fraction of sp³-hybridized carbons (Fsp3) is 0.393. The van der Waals surface area contributed by atoms with Gasteiger partial charge in [-0.05, 0) is 60.8 Å². The topological polar surface area (TPSA) is 91.7 Å². The van der Waals surface area contributed by atoms with Gasteiger partial charge in [0.05, 0.1) is 30.2 Å². The molecule has 0 radical (unpaired) electrons. The number of carbonyl (C=O) groups excluding carboxylic acids is 1. The van der Waals surface area contributed by atoms with Crippen molar-refractivity contribution >= 4 is 28.0 Å². The van der Waals surface area contributed by atoms with Gasteiger partial charge in [-0.3, -0.25) is 9.69 Å². The molecule has 35 heavy (non-hydrogen) atoms. The number of anilines is 1. The molecule has 0 fully saturated rings. The molecule has 7 heteroatoms. The number of nitrogens with two attached hydrogens (primary N) is 1. The number of nitrogens with zero attached hydrogens (tertiary/aromatic N) is 3. The Morgan fingerprint density at radius 3 is 2.66 bits per heavy atom. The molecule has 6 nitrogen and oxygen atoms in total. The molecule has 0 bridgehead atoms.